The van der Waals surface area contributed by atoms with Crippen LogP contribution < -0.4 is 15.4 Å². The van der Waals surface area contributed by atoms with Crippen molar-refractivity contribution in [1.82, 2.24) is 5.32 Å². The van der Waals surface area contributed by atoms with E-state index in [0.29, 0.717) is 12.5 Å². The van der Waals surface area contributed by atoms with Crippen molar-refractivity contribution in [3.05, 3.63) is 24.3 Å². The molecule has 4 nitrogen and oxygen atoms in total. The van der Waals surface area contributed by atoms with E-state index >= 15 is 0 Å². The molecule has 0 heterocycles. The van der Waals surface area contributed by atoms with Crippen LogP contribution in [-0.2, 0) is 4.79 Å². The van der Waals surface area contributed by atoms with Gasteiger partial charge >= 0.3 is 0 Å². The topological polar surface area (TPSA) is 50.4 Å². The Kier molecular flexibility index (Phi) is 6.22. The Balaban J connectivity index is 2.44. The maximum Gasteiger partial charge on any atom is 0.221 e. The molecule has 0 saturated carbocycles. The highest BCUT2D eigenvalue weighted by Gasteiger charge is 2.03. The van der Waals surface area contributed by atoms with Gasteiger partial charge in [0.15, 0.2) is 0 Å². The number of nitrogens with one attached hydrogen (secondary N) is 2. The van der Waals surface area contributed by atoms with Crippen molar-refractivity contribution in [3.8, 4) is 5.75 Å². The van der Waals surface area contributed by atoms with E-state index in [2.05, 4.69) is 24.5 Å². The molecule has 4 heteroatoms. The molecule has 1 amide bonds. The van der Waals surface area contributed by atoms with Gasteiger partial charge in [-0.05, 0) is 18.7 Å². The van der Waals surface area contributed by atoms with Gasteiger partial charge in [0.05, 0.1) is 6.61 Å². The lowest BCUT2D eigenvalue weighted by Crippen LogP contribution is -2.24. The minimum absolute atomic E-state index is 0.0762. The molecule has 1 rings (SSSR count). The third kappa shape index (κ3) is 5.68. The SMILES string of the molecule is CCNCC(C)COc1cccc(NC(C)=O)c1. The first kappa shape index (κ1) is 14.5. The van der Waals surface area contributed by atoms with Crippen molar-refractivity contribution in [3.63, 3.8) is 0 Å². The molecule has 0 spiro atoms. The maximum atomic E-state index is 10.9. The van der Waals surface area contributed by atoms with E-state index in [9.17, 15) is 4.79 Å². The fourth-order valence-corrected chi connectivity index (χ4v) is 1.56. The molecule has 0 aromatic heterocycles. The van der Waals surface area contributed by atoms with Crippen LogP contribution >= 0.6 is 0 Å². The summed E-state index contributed by atoms with van der Waals surface area (Å²) in [5.74, 6) is 1.16. The summed E-state index contributed by atoms with van der Waals surface area (Å²) in [4.78, 5) is 10.9. The van der Waals surface area contributed by atoms with Crippen molar-refractivity contribution in [2.75, 3.05) is 25.0 Å². The molecule has 18 heavy (non-hydrogen) atoms. The summed E-state index contributed by atoms with van der Waals surface area (Å²) in [6.07, 6.45) is 0. The van der Waals surface area contributed by atoms with Gasteiger partial charge in [-0.1, -0.05) is 19.9 Å². The monoisotopic (exact) mass is 250 g/mol. The minimum atomic E-state index is -0.0762. The lowest BCUT2D eigenvalue weighted by Gasteiger charge is -2.14. The fraction of sp³-hybridized carbons (Fsp3) is 0.500. The normalized spacial score (nSPS) is 11.9. The van der Waals surface area contributed by atoms with Crippen LogP contribution in [0.1, 0.15) is 20.8 Å². The number of rotatable bonds is 7. The van der Waals surface area contributed by atoms with Gasteiger partial charge in [0.25, 0.3) is 0 Å². The summed E-state index contributed by atoms with van der Waals surface area (Å²) < 4.78 is 5.70. The highest BCUT2D eigenvalue weighted by atomic mass is 16.5. The molecule has 0 aliphatic rings. The van der Waals surface area contributed by atoms with Gasteiger partial charge in [-0.2, -0.15) is 0 Å². The molecular weight excluding hydrogens is 228 g/mol. The molecule has 0 radical (unpaired) electrons. The molecule has 0 aliphatic carbocycles. The fourth-order valence-electron chi connectivity index (χ4n) is 1.56. The van der Waals surface area contributed by atoms with E-state index in [0.717, 1.165) is 24.5 Å². The molecule has 1 aromatic rings. The highest BCUT2D eigenvalue weighted by molar-refractivity contribution is 5.88. The summed E-state index contributed by atoms with van der Waals surface area (Å²) in [5, 5.41) is 6.02. The van der Waals surface area contributed by atoms with E-state index < -0.39 is 0 Å². The summed E-state index contributed by atoms with van der Waals surface area (Å²) in [6, 6.07) is 7.44. The first-order valence-corrected chi connectivity index (χ1v) is 6.33. The van der Waals surface area contributed by atoms with Crippen molar-refractivity contribution >= 4 is 11.6 Å². The number of carbonyl (C=O) groups excluding carboxylic acids is 1. The van der Waals surface area contributed by atoms with Crippen molar-refractivity contribution < 1.29 is 9.53 Å². The Morgan fingerprint density at radius 1 is 1.44 bits per heavy atom. The quantitative estimate of drug-likeness (QED) is 0.780. The van der Waals surface area contributed by atoms with Gasteiger partial charge in [-0.3, -0.25) is 4.79 Å². The van der Waals surface area contributed by atoms with Crippen molar-refractivity contribution in [2.24, 2.45) is 5.92 Å². The number of hydrogen-bond acceptors (Lipinski definition) is 3. The molecule has 2 N–H and O–H groups in total. The summed E-state index contributed by atoms with van der Waals surface area (Å²) >= 11 is 0. The van der Waals surface area contributed by atoms with Crippen molar-refractivity contribution in [1.29, 1.82) is 0 Å². The molecule has 1 unspecified atom stereocenters. The van der Waals surface area contributed by atoms with E-state index in [1.165, 1.54) is 6.92 Å². The maximum absolute atomic E-state index is 10.9. The first-order valence-electron chi connectivity index (χ1n) is 6.33. The third-order valence-electron chi connectivity index (χ3n) is 2.43. The largest absolute Gasteiger partial charge is 0.493 e. The van der Waals surface area contributed by atoms with Crippen LogP contribution in [0.15, 0.2) is 24.3 Å². The summed E-state index contributed by atoms with van der Waals surface area (Å²) in [5.41, 5.74) is 0.763. The first-order chi connectivity index (χ1) is 8.61. The Morgan fingerprint density at radius 2 is 2.22 bits per heavy atom. The lowest BCUT2D eigenvalue weighted by molar-refractivity contribution is -0.114. The minimum Gasteiger partial charge on any atom is -0.493 e. The molecule has 100 valence electrons. The van der Waals surface area contributed by atoms with Gasteiger partial charge in [0.1, 0.15) is 5.75 Å². The van der Waals surface area contributed by atoms with E-state index in [-0.39, 0.29) is 5.91 Å². The Hall–Kier alpha value is -1.55. The molecule has 0 saturated heterocycles. The standard InChI is InChI=1S/C14H22N2O2/c1-4-15-9-11(2)10-18-14-7-5-6-13(8-14)16-12(3)17/h5-8,11,15H,4,9-10H2,1-3H3,(H,16,17). The predicted octanol–water partition coefficient (Wildman–Crippen LogP) is 2.27. The summed E-state index contributed by atoms with van der Waals surface area (Å²) in [6.45, 7) is 8.30. The van der Waals surface area contributed by atoms with Gasteiger partial charge in [-0.15, -0.1) is 0 Å². The molecule has 0 bridgehead atoms. The van der Waals surface area contributed by atoms with Crippen LogP contribution in [-0.4, -0.2) is 25.6 Å². The van der Waals surface area contributed by atoms with Crippen LogP contribution in [0.25, 0.3) is 0 Å². The number of benzene rings is 1. The average molecular weight is 250 g/mol. The Morgan fingerprint density at radius 3 is 2.89 bits per heavy atom. The van der Waals surface area contributed by atoms with Gasteiger partial charge in [-0.25, -0.2) is 0 Å². The van der Waals surface area contributed by atoms with E-state index in [1.807, 2.05) is 24.3 Å². The second-order valence-electron chi connectivity index (χ2n) is 4.43. The van der Waals surface area contributed by atoms with Crippen LogP contribution in [0.2, 0.25) is 0 Å². The average Bonchev–Trinajstić information content (AvgIpc) is 2.33. The number of carbonyl (C=O) groups is 1. The zero-order chi connectivity index (χ0) is 13.4. The zero-order valence-corrected chi connectivity index (χ0v) is 11.3. The van der Waals surface area contributed by atoms with Crippen LogP contribution in [0, 0.1) is 5.92 Å². The Bertz CT molecular complexity index is 380. The number of anilines is 1. The predicted molar refractivity (Wildman–Crippen MR) is 73.9 cm³/mol. The molecular formula is C14H22N2O2. The lowest BCUT2D eigenvalue weighted by atomic mass is 10.2. The van der Waals surface area contributed by atoms with Crippen molar-refractivity contribution in [2.45, 2.75) is 20.8 Å². The van der Waals surface area contributed by atoms with Gasteiger partial charge in [0.2, 0.25) is 5.91 Å². The van der Waals surface area contributed by atoms with Crippen LogP contribution in [0.3, 0.4) is 0 Å². The summed E-state index contributed by atoms with van der Waals surface area (Å²) in [7, 11) is 0. The highest BCUT2D eigenvalue weighted by Crippen LogP contribution is 2.17. The van der Waals surface area contributed by atoms with Crippen LogP contribution in [0.5, 0.6) is 5.75 Å². The second kappa shape index (κ2) is 7.71. The second-order valence-corrected chi connectivity index (χ2v) is 4.43. The zero-order valence-electron chi connectivity index (χ0n) is 11.3. The van der Waals surface area contributed by atoms with Crippen LogP contribution in [0.4, 0.5) is 5.69 Å². The van der Waals surface area contributed by atoms with Gasteiger partial charge in [0, 0.05) is 31.1 Å². The number of ether oxygens (including phenoxy) is 1. The van der Waals surface area contributed by atoms with E-state index in [1.54, 1.807) is 0 Å². The molecule has 1 aromatic carbocycles. The Labute approximate surface area is 109 Å². The molecule has 1 atom stereocenters. The molecule has 0 aliphatic heterocycles. The van der Waals surface area contributed by atoms with Gasteiger partial charge < -0.3 is 15.4 Å². The van der Waals surface area contributed by atoms with E-state index in [4.69, 9.17) is 4.74 Å². The smallest absolute Gasteiger partial charge is 0.221 e. The number of amides is 1. The molecule has 0 fully saturated rings. The third-order valence-corrected chi connectivity index (χ3v) is 2.43. The number of hydrogen-bond donors (Lipinski definition) is 2.